The molecule has 0 aliphatic heterocycles. The third-order valence-electron chi connectivity index (χ3n) is 2.74. The zero-order valence-electron chi connectivity index (χ0n) is 11.3. The highest BCUT2D eigenvalue weighted by molar-refractivity contribution is 7.86. The molecule has 0 saturated carbocycles. The Balaban J connectivity index is 2.93. The van der Waals surface area contributed by atoms with Crippen LogP contribution in [0.3, 0.4) is 0 Å². The number of unbranched alkanes of at least 4 members (excludes halogenated alkanes) is 1. The van der Waals surface area contributed by atoms with Crippen LogP contribution < -0.4 is 0 Å². The predicted molar refractivity (Wildman–Crippen MR) is 68.8 cm³/mol. The van der Waals surface area contributed by atoms with Crippen molar-refractivity contribution in [3.05, 3.63) is 29.8 Å². The lowest BCUT2D eigenvalue weighted by Crippen LogP contribution is -2.33. The van der Waals surface area contributed by atoms with E-state index in [1.54, 1.807) is 13.8 Å². The van der Waals surface area contributed by atoms with Gasteiger partial charge in [0.1, 0.15) is 0 Å². The number of alkyl halides is 3. The standard InChI is InChI=1S/C13H17F3O3S/c1-3-4-5-12(13(14,15)16)19-20(17,18)11-8-6-10(2)7-9-11/h6-9,12H,3-5H2,1-2H3. The number of rotatable bonds is 6. The fraction of sp³-hybridized carbons (Fsp3) is 0.538. The van der Waals surface area contributed by atoms with E-state index in [-0.39, 0.29) is 17.7 Å². The van der Waals surface area contributed by atoms with Crippen molar-refractivity contribution in [2.45, 2.75) is 50.3 Å². The first kappa shape index (κ1) is 17.0. The number of halogens is 3. The number of hydrogen-bond acceptors (Lipinski definition) is 3. The van der Waals surface area contributed by atoms with E-state index in [2.05, 4.69) is 4.18 Å². The minimum atomic E-state index is -4.70. The van der Waals surface area contributed by atoms with Crippen molar-refractivity contribution in [1.82, 2.24) is 0 Å². The van der Waals surface area contributed by atoms with E-state index in [4.69, 9.17) is 0 Å². The summed E-state index contributed by atoms with van der Waals surface area (Å²) in [6, 6.07) is 5.48. The highest BCUT2D eigenvalue weighted by atomic mass is 32.2. The Hall–Kier alpha value is -1.08. The van der Waals surface area contributed by atoms with Gasteiger partial charge < -0.3 is 0 Å². The van der Waals surface area contributed by atoms with E-state index in [9.17, 15) is 21.6 Å². The summed E-state index contributed by atoms with van der Waals surface area (Å²) in [6.45, 7) is 3.47. The Kier molecular flexibility index (Phi) is 5.59. The first-order valence-corrected chi connectivity index (χ1v) is 7.64. The molecule has 0 saturated heterocycles. The molecule has 0 heterocycles. The van der Waals surface area contributed by atoms with E-state index in [0.29, 0.717) is 6.42 Å². The van der Waals surface area contributed by atoms with Gasteiger partial charge >= 0.3 is 6.18 Å². The van der Waals surface area contributed by atoms with Crippen LogP contribution in [0.1, 0.15) is 31.7 Å². The lowest BCUT2D eigenvalue weighted by Gasteiger charge is -2.20. The van der Waals surface area contributed by atoms with Crippen LogP contribution in [0.5, 0.6) is 0 Å². The van der Waals surface area contributed by atoms with Crippen LogP contribution in [0.4, 0.5) is 13.2 Å². The molecule has 0 fully saturated rings. The van der Waals surface area contributed by atoms with Crippen molar-refractivity contribution in [2.24, 2.45) is 0 Å². The van der Waals surface area contributed by atoms with Gasteiger partial charge in [-0.15, -0.1) is 0 Å². The molecule has 3 nitrogen and oxygen atoms in total. The molecule has 0 bridgehead atoms. The summed E-state index contributed by atoms with van der Waals surface area (Å²) < 4.78 is 66.4. The number of benzene rings is 1. The van der Waals surface area contributed by atoms with E-state index in [1.165, 1.54) is 24.3 Å². The van der Waals surface area contributed by atoms with Crippen molar-refractivity contribution in [3.63, 3.8) is 0 Å². The lowest BCUT2D eigenvalue weighted by atomic mass is 10.1. The Labute approximate surface area is 116 Å². The van der Waals surface area contributed by atoms with Crippen molar-refractivity contribution < 1.29 is 25.8 Å². The van der Waals surface area contributed by atoms with E-state index in [0.717, 1.165) is 5.56 Å². The van der Waals surface area contributed by atoms with Gasteiger partial charge in [0.25, 0.3) is 10.1 Å². The highest BCUT2D eigenvalue weighted by Crippen LogP contribution is 2.29. The van der Waals surface area contributed by atoms with Crippen molar-refractivity contribution in [3.8, 4) is 0 Å². The van der Waals surface area contributed by atoms with E-state index < -0.39 is 22.4 Å². The molecule has 0 aliphatic carbocycles. The Bertz CT molecular complexity index is 521. The van der Waals surface area contributed by atoms with Crippen molar-refractivity contribution in [2.75, 3.05) is 0 Å². The number of aryl methyl sites for hydroxylation is 1. The molecular formula is C13H17F3O3S. The van der Waals surface area contributed by atoms with Gasteiger partial charge in [0.05, 0.1) is 4.90 Å². The molecule has 0 amide bonds. The second kappa shape index (κ2) is 6.58. The molecule has 1 aromatic carbocycles. The van der Waals surface area contributed by atoms with Gasteiger partial charge in [0.15, 0.2) is 6.10 Å². The van der Waals surface area contributed by atoms with Crippen LogP contribution in [-0.2, 0) is 14.3 Å². The van der Waals surface area contributed by atoms with Crippen LogP contribution in [0, 0.1) is 6.92 Å². The van der Waals surface area contributed by atoms with Gasteiger partial charge in [-0.2, -0.15) is 21.6 Å². The molecule has 1 atom stereocenters. The fourth-order valence-electron chi connectivity index (χ4n) is 1.57. The quantitative estimate of drug-likeness (QED) is 0.750. The Morgan fingerprint density at radius 2 is 1.75 bits per heavy atom. The monoisotopic (exact) mass is 310 g/mol. The fourth-order valence-corrected chi connectivity index (χ4v) is 2.66. The number of hydrogen-bond donors (Lipinski definition) is 0. The second-order valence-electron chi connectivity index (χ2n) is 4.54. The van der Waals surface area contributed by atoms with Gasteiger partial charge in [-0.05, 0) is 25.5 Å². The molecular weight excluding hydrogens is 293 g/mol. The maximum absolute atomic E-state index is 12.8. The summed E-state index contributed by atoms with van der Waals surface area (Å²) >= 11 is 0. The summed E-state index contributed by atoms with van der Waals surface area (Å²) in [5, 5.41) is 0. The lowest BCUT2D eigenvalue weighted by molar-refractivity contribution is -0.195. The molecule has 20 heavy (non-hydrogen) atoms. The SMILES string of the molecule is CCCCC(OS(=O)(=O)c1ccc(C)cc1)C(F)(F)F. The van der Waals surface area contributed by atoms with E-state index in [1.807, 2.05) is 0 Å². The summed E-state index contributed by atoms with van der Waals surface area (Å²) in [7, 11) is -4.41. The normalized spacial score (nSPS) is 14.2. The van der Waals surface area contributed by atoms with Crippen LogP contribution in [0.25, 0.3) is 0 Å². The third-order valence-corrected chi connectivity index (χ3v) is 4.07. The topological polar surface area (TPSA) is 43.4 Å². The van der Waals surface area contributed by atoms with Gasteiger partial charge in [0.2, 0.25) is 0 Å². The molecule has 0 radical (unpaired) electrons. The van der Waals surface area contributed by atoms with Crippen LogP contribution in [-0.4, -0.2) is 20.7 Å². The van der Waals surface area contributed by atoms with Gasteiger partial charge in [-0.25, -0.2) is 0 Å². The van der Waals surface area contributed by atoms with Crippen LogP contribution in [0.15, 0.2) is 29.2 Å². The minimum Gasteiger partial charge on any atom is -0.253 e. The molecule has 0 N–H and O–H groups in total. The summed E-state index contributed by atoms with van der Waals surface area (Å²) in [5.74, 6) is 0. The van der Waals surface area contributed by atoms with Gasteiger partial charge in [-0.1, -0.05) is 37.5 Å². The van der Waals surface area contributed by atoms with Gasteiger partial charge in [0, 0.05) is 0 Å². The van der Waals surface area contributed by atoms with Crippen molar-refractivity contribution in [1.29, 1.82) is 0 Å². The molecule has 0 aliphatic rings. The molecule has 0 spiro atoms. The largest absolute Gasteiger partial charge is 0.416 e. The third kappa shape index (κ3) is 4.79. The molecule has 1 unspecified atom stereocenters. The second-order valence-corrected chi connectivity index (χ2v) is 6.11. The maximum atomic E-state index is 12.8. The molecule has 1 aromatic rings. The van der Waals surface area contributed by atoms with E-state index >= 15 is 0 Å². The molecule has 0 aromatic heterocycles. The summed E-state index contributed by atoms with van der Waals surface area (Å²) in [4.78, 5) is -0.270. The van der Waals surface area contributed by atoms with Gasteiger partial charge in [-0.3, -0.25) is 4.18 Å². The van der Waals surface area contributed by atoms with Crippen LogP contribution in [0.2, 0.25) is 0 Å². The first-order valence-electron chi connectivity index (χ1n) is 6.23. The highest BCUT2D eigenvalue weighted by Gasteiger charge is 2.43. The smallest absolute Gasteiger partial charge is 0.253 e. The Morgan fingerprint density at radius 3 is 2.20 bits per heavy atom. The maximum Gasteiger partial charge on any atom is 0.416 e. The molecule has 114 valence electrons. The zero-order valence-corrected chi connectivity index (χ0v) is 12.1. The summed E-state index contributed by atoms with van der Waals surface area (Å²) in [6.07, 6.45) is -6.60. The van der Waals surface area contributed by atoms with Crippen LogP contribution >= 0.6 is 0 Å². The molecule has 1 rings (SSSR count). The van der Waals surface area contributed by atoms with Crippen molar-refractivity contribution >= 4 is 10.1 Å². The zero-order chi connectivity index (χ0) is 15.4. The average Bonchev–Trinajstić information content (AvgIpc) is 2.33. The molecule has 7 heteroatoms. The first-order chi connectivity index (χ1) is 9.16. The Morgan fingerprint density at radius 1 is 1.20 bits per heavy atom. The average molecular weight is 310 g/mol. The predicted octanol–water partition coefficient (Wildman–Crippen LogP) is 3.82. The minimum absolute atomic E-state index is 0.244. The summed E-state index contributed by atoms with van der Waals surface area (Å²) in [5.41, 5.74) is 0.808.